The van der Waals surface area contributed by atoms with E-state index in [0.717, 1.165) is 25.8 Å². The van der Waals surface area contributed by atoms with Crippen LogP contribution in [0.4, 0.5) is 0 Å². The molecule has 4 aliphatic rings. The number of rotatable bonds is 0. The van der Waals surface area contributed by atoms with Crippen molar-refractivity contribution < 1.29 is 13.4 Å². The third kappa shape index (κ3) is 36.9. The van der Waals surface area contributed by atoms with E-state index in [-0.39, 0.29) is 0 Å². The lowest BCUT2D eigenvalue weighted by Crippen LogP contribution is -1.54. The lowest BCUT2D eigenvalue weighted by atomic mass is 10.5. The molecule has 2 aliphatic carbocycles. The Morgan fingerprint density at radius 1 is 0.540 bits per heavy atom. The second-order valence-electron chi connectivity index (χ2n) is 8.39. The first kappa shape index (κ1) is 42.5. The predicted octanol–water partition coefficient (Wildman–Crippen LogP) is 11.3. The lowest BCUT2D eigenvalue weighted by molar-refractivity contribution is 0.420. The van der Waals surface area contributed by atoms with E-state index in [4.69, 9.17) is 0 Å². The van der Waals surface area contributed by atoms with Gasteiger partial charge in [-0.2, -0.15) is 11.3 Å². The first-order valence-corrected chi connectivity index (χ1v) is 17.9. The fourth-order valence-corrected chi connectivity index (χ4v) is 3.71. The molecule has 6 aromatic heterocycles. The van der Waals surface area contributed by atoms with E-state index in [1.807, 2.05) is 76.3 Å². The number of hydrogen-bond acceptors (Lipinski definition) is 12. The Kier molecular flexibility index (Phi) is 33.6. The summed E-state index contributed by atoms with van der Waals surface area (Å²) in [5, 5.41) is 11.3. The van der Waals surface area contributed by atoms with Gasteiger partial charge in [0, 0.05) is 48.2 Å². The molecular formula is C38H42N6O3S3. The van der Waals surface area contributed by atoms with Crippen LogP contribution in [0.15, 0.2) is 216 Å². The second kappa shape index (κ2) is 39.6. The van der Waals surface area contributed by atoms with Gasteiger partial charge in [0.05, 0.1) is 37.0 Å². The number of oxazole rings is 1. The molecule has 2 aliphatic heterocycles. The van der Waals surface area contributed by atoms with Crippen LogP contribution in [-0.2, 0) is 0 Å². The van der Waals surface area contributed by atoms with Crippen LogP contribution in [0, 0.1) is 0 Å². The number of aromatic nitrogens is 4. The third-order valence-corrected chi connectivity index (χ3v) is 6.30. The Balaban J connectivity index is 0.000000278. The van der Waals surface area contributed by atoms with Gasteiger partial charge in [0.1, 0.15) is 12.5 Å². The first-order chi connectivity index (χ1) is 25.0. The van der Waals surface area contributed by atoms with Crippen LogP contribution in [0.3, 0.4) is 0 Å². The van der Waals surface area contributed by atoms with Crippen molar-refractivity contribution in [1.29, 1.82) is 0 Å². The van der Waals surface area contributed by atoms with E-state index in [1.54, 1.807) is 84.0 Å². The maximum absolute atomic E-state index is 4.58. The number of aliphatic imine (C=N–C) groups is 2. The molecule has 10 rings (SSSR count). The van der Waals surface area contributed by atoms with Gasteiger partial charge < -0.3 is 13.4 Å². The third-order valence-electron chi connectivity index (χ3n) is 4.63. The summed E-state index contributed by atoms with van der Waals surface area (Å²) >= 11 is 4.78. The van der Waals surface area contributed by atoms with Crippen LogP contribution in [0.5, 0.6) is 0 Å². The second-order valence-corrected chi connectivity index (χ2v) is 10.7. The van der Waals surface area contributed by atoms with Crippen LogP contribution in [0.2, 0.25) is 0 Å². The monoisotopic (exact) mass is 726 g/mol. The van der Waals surface area contributed by atoms with Crippen LogP contribution in [-0.4, -0.2) is 38.5 Å². The molecule has 0 fully saturated rings. The summed E-state index contributed by atoms with van der Waals surface area (Å²) in [6.07, 6.45) is 45.8. The molecule has 12 heteroatoms. The van der Waals surface area contributed by atoms with Gasteiger partial charge in [-0.1, -0.05) is 78.0 Å². The number of hydrogen-bond donors (Lipinski definition) is 0. The van der Waals surface area contributed by atoms with Crippen molar-refractivity contribution in [3.63, 3.8) is 0 Å². The van der Waals surface area contributed by atoms with Crippen molar-refractivity contribution in [2.24, 2.45) is 9.98 Å². The molecule has 9 nitrogen and oxygen atoms in total. The standard InChI is InChI=1S/2C5H6.2C4H5N.C4H4O.C4H4S.2C3H3NO.2C3H3NS/c6*1-2-4-5-3-1;1-2-5-3-4-1;1-2-4-5-3-1;1-2-5-3-4-1;1-2-4-5-3-1/h2*1-4H,5H2;1,3-4H,2H2;1-3H,4H2;2*1-4H;4*1-3H. The Labute approximate surface area is 306 Å². The Morgan fingerprint density at radius 3 is 1.50 bits per heavy atom. The summed E-state index contributed by atoms with van der Waals surface area (Å²) in [6, 6.07) is 11.3. The molecule has 0 unspecified atom stereocenters. The SMILES string of the molecule is C1=CCC=C1.C1=CCC=C1.C1=CCN=C1.C1=CN=CC1.c1ccoc1.c1ccsc1.c1cnoc1.c1cnsc1.c1cocn1.c1cscn1. The maximum atomic E-state index is 4.58. The maximum Gasteiger partial charge on any atom is 0.180 e. The Bertz CT molecular complexity index is 1150. The van der Waals surface area contributed by atoms with Gasteiger partial charge in [0.15, 0.2) is 6.39 Å². The normalized spacial score (nSPS) is 11.8. The van der Waals surface area contributed by atoms with E-state index in [1.165, 1.54) is 30.5 Å². The van der Waals surface area contributed by atoms with E-state index < -0.39 is 0 Å². The Hall–Kier alpha value is -5.56. The molecule has 0 N–H and O–H groups in total. The minimum atomic E-state index is 0.889. The molecule has 0 spiro atoms. The zero-order chi connectivity index (χ0) is 35.4. The summed E-state index contributed by atoms with van der Waals surface area (Å²) in [7, 11) is 0. The number of furan rings is 1. The zero-order valence-corrected chi connectivity index (χ0v) is 30.0. The van der Waals surface area contributed by atoms with Crippen LogP contribution >= 0.6 is 34.2 Å². The van der Waals surface area contributed by atoms with E-state index in [2.05, 4.69) is 91.4 Å². The van der Waals surface area contributed by atoms with Crippen LogP contribution in [0.1, 0.15) is 19.3 Å². The molecule has 0 radical (unpaired) electrons. The van der Waals surface area contributed by atoms with Gasteiger partial charge in [0.25, 0.3) is 0 Å². The highest BCUT2D eigenvalue weighted by Crippen LogP contribution is 1.94. The van der Waals surface area contributed by atoms with Gasteiger partial charge in [0.2, 0.25) is 0 Å². The molecule has 0 bridgehead atoms. The fraction of sp³-hybridized carbons (Fsp3) is 0.105. The van der Waals surface area contributed by atoms with Crippen molar-refractivity contribution in [1.82, 2.24) is 19.5 Å². The van der Waals surface area contributed by atoms with Crippen LogP contribution in [0.25, 0.3) is 0 Å². The number of thiophene rings is 1. The molecule has 50 heavy (non-hydrogen) atoms. The molecule has 260 valence electrons. The summed E-state index contributed by atoms with van der Waals surface area (Å²) < 4.78 is 17.2. The highest BCUT2D eigenvalue weighted by atomic mass is 32.1. The van der Waals surface area contributed by atoms with Gasteiger partial charge in [-0.05, 0) is 65.5 Å². The molecule has 0 atom stereocenters. The highest BCUT2D eigenvalue weighted by Gasteiger charge is 1.74. The molecular weight excluding hydrogens is 685 g/mol. The van der Waals surface area contributed by atoms with Crippen molar-refractivity contribution in [3.8, 4) is 0 Å². The number of nitrogens with zero attached hydrogens (tertiary/aromatic N) is 6. The van der Waals surface area contributed by atoms with Crippen LogP contribution < -0.4 is 0 Å². The summed E-state index contributed by atoms with van der Waals surface area (Å²) in [6.45, 7) is 0.889. The quantitative estimate of drug-likeness (QED) is 0.153. The van der Waals surface area contributed by atoms with Crippen molar-refractivity contribution in [2.75, 3.05) is 6.54 Å². The first-order valence-electron chi connectivity index (χ1n) is 15.2. The number of thiazole rings is 1. The molecule has 6 aromatic rings. The lowest BCUT2D eigenvalue weighted by Gasteiger charge is -1.60. The largest absolute Gasteiger partial charge is 0.473 e. The van der Waals surface area contributed by atoms with E-state index >= 15 is 0 Å². The molecule has 0 amide bonds. The molecule has 8 heterocycles. The van der Waals surface area contributed by atoms with Gasteiger partial charge >= 0.3 is 0 Å². The molecule has 0 saturated carbocycles. The van der Waals surface area contributed by atoms with Gasteiger partial charge in [-0.3, -0.25) is 15.0 Å². The highest BCUT2D eigenvalue weighted by molar-refractivity contribution is 7.07. The van der Waals surface area contributed by atoms with Crippen molar-refractivity contribution >= 4 is 46.6 Å². The predicted molar refractivity (Wildman–Crippen MR) is 211 cm³/mol. The summed E-state index contributed by atoms with van der Waals surface area (Å²) in [5.74, 6) is 0. The average Bonchev–Trinajstić information content (AvgIpc) is 4.08. The van der Waals surface area contributed by atoms with Gasteiger partial charge in [-0.15, -0.1) is 11.3 Å². The number of allylic oxidation sites excluding steroid dienone is 10. The zero-order valence-electron chi connectivity index (χ0n) is 27.6. The van der Waals surface area contributed by atoms with E-state index in [9.17, 15) is 0 Å². The van der Waals surface area contributed by atoms with Crippen molar-refractivity contribution in [3.05, 3.63) is 193 Å². The van der Waals surface area contributed by atoms with E-state index in [0.29, 0.717) is 0 Å². The average molecular weight is 727 g/mol. The minimum Gasteiger partial charge on any atom is -0.473 e. The topological polar surface area (TPSA) is 116 Å². The van der Waals surface area contributed by atoms with Gasteiger partial charge in [-0.25, -0.2) is 9.36 Å². The molecule has 0 aromatic carbocycles. The minimum absolute atomic E-state index is 0.889. The summed E-state index contributed by atoms with van der Waals surface area (Å²) in [4.78, 5) is 14.9. The van der Waals surface area contributed by atoms with Crippen molar-refractivity contribution in [2.45, 2.75) is 19.3 Å². The molecule has 0 saturated heterocycles. The smallest absolute Gasteiger partial charge is 0.180 e. The fourth-order valence-electron chi connectivity index (χ4n) is 2.55. The summed E-state index contributed by atoms with van der Waals surface area (Å²) in [5.41, 5.74) is 1.79. The Morgan fingerprint density at radius 2 is 1.32 bits per heavy atom.